The van der Waals surface area contributed by atoms with Crippen LogP contribution in [0.4, 0.5) is 18.9 Å². The highest BCUT2D eigenvalue weighted by Gasteiger charge is 2.66. The molecule has 0 saturated carbocycles. The number of halogens is 3. The fourth-order valence-electron chi connectivity index (χ4n) is 2.69. The molecule has 13 heteroatoms. The van der Waals surface area contributed by atoms with Crippen molar-refractivity contribution in [2.45, 2.75) is 24.9 Å². The van der Waals surface area contributed by atoms with Crippen LogP contribution in [-0.4, -0.2) is 39.6 Å². The number of aliphatic hydroxyl groups is 1. The molecular weight excluding hydrogens is 395 g/mol. The number of alkyl halides is 3. The standard InChI is InChI=1S/C14H14F3N3O6S/c1-2-26-11(22)9-10(7-5-6(20(24)25)3-4-8(7)21)18-12(27)19-13(9,23)14(15,16)17/h3-5,9-10,21,23H,2H2,1H3,(H2,18,19,27)/p-1/t9-,10-,13-/m1/s1. The Morgan fingerprint density at radius 3 is 2.63 bits per heavy atom. The average molecular weight is 408 g/mol. The molecule has 1 aliphatic heterocycles. The van der Waals surface area contributed by atoms with E-state index in [0.29, 0.717) is 0 Å². The molecule has 9 nitrogen and oxygen atoms in total. The number of ether oxygens (including phenoxy) is 1. The van der Waals surface area contributed by atoms with Crippen molar-refractivity contribution in [2.75, 3.05) is 6.61 Å². The van der Waals surface area contributed by atoms with E-state index >= 15 is 0 Å². The van der Waals surface area contributed by atoms with Crippen LogP contribution in [0.25, 0.3) is 0 Å². The van der Waals surface area contributed by atoms with Gasteiger partial charge in [-0.3, -0.25) is 14.9 Å². The normalized spacial score (nSPS) is 25.3. The smallest absolute Gasteiger partial charge is 0.437 e. The first-order valence-electron chi connectivity index (χ1n) is 7.42. The lowest BCUT2D eigenvalue weighted by atomic mass is 9.81. The largest absolute Gasteiger partial charge is 0.872 e. The Labute approximate surface area is 155 Å². The minimum Gasteiger partial charge on any atom is -0.872 e. The van der Waals surface area contributed by atoms with Crippen LogP contribution in [0.15, 0.2) is 18.2 Å². The van der Waals surface area contributed by atoms with Gasteiger partial charge >= 0.3 is 12.1 Å². The summed E-state index contributed by atoms with van der Waals surface area (Å²) in [5.74, 6) is -4.77. The zero-order chi connectivity index (χ0) is 20.6. The van der Waals surface area contributed by atoms with Gasteiger partial charge in [0.2, 0.25) is 0 Å². The van der Waals surface area contributed by atoms with Crippen LogP contribution in [0.1, 0.15) is 18.5 Å². The first-order valence-corrected chi connectivity index (χ1v) is 7.83. The number of rotatable bonds is 4. The molecule has 3 atom stereocenters. The van der Waals surface area contributed by atoms with E-state index in [4.69, 9.17) is 0 Å². The number of benzene rings is 1. The second-order valence-corrected chi connectivity index (χ2v) is 5.96. The van der Waals surface area contributed by atoms with Crippen LogP contribution < -0.4 is 15.7 Å². The number of carbonyl (C=O) groups is 1. The van der Waals surface area contributed by atoms with Crippen molar-refractivity contribution in [3.8, 4) is 5.75 Å². The van der Waals surface area contributed by atoms with Gasteiger partial charge in [0.1, 0.15) is 5.92 Å². The predicted octanol–water partition coefficient (Wildman–Crippen LogP) is 0.617. The summed E-state index contributed by atoms with van der Waals surface area (Å²) in [6.45, 7) is 1.03. The number of thiocarbonyl (C=S) groups is 1. The van der Waals surface area contributed by atoms with E-state index in [2.05, 4.69) is 22.3 Å². The topological polar surface area (TPSA) is 137 Å². The van der Waals surface area contributed by atoms with E-state index in [0.717, 1.165) is 18.2 Å². The Morgan fingerprint density at radius 1 is 1.48 bits per heavy atom. The first-order chi connectivity index (χ1) is 12.4. The molecule has 1 fully saturated rings. The monoisotopic (exact) mass is 408 g/mol. The van der Waals surface area contributed by atoms with Gasteiger partial charge in [-0.2, -0.15) is 13.2 Å². The van der Waals surface area contributed by atoms with E-state index in [9.17, 15) is 38.3 Å². The summed E-state index contributed by atoms with van der Waals surface area (Å²) < 4.78 is 45.3. The van der Waals surface area contributed by atoms with Gasteiger partial charge in [-0.05, 0) is 24.7 Å². The van der Waals surface area contributed by atoms with Crippen molar-refractivity contribution in [1.82, 2.24) is 10.6 Å². The summed E-state index contributed by atoms with van der Waals surface area (Å²) in [4.78, 5) is 22.3. The zero-order valence-corrected chi connectivity index (χ0v) is 14.4. The van der Waals surface area contributed by atoms with Gasteiger partial charge in [0.05, 0.1) is 17.6 Å². The second-order valence-electron chi connectivity index (χ2n) is 5.55. The fourth-order valence-corrected chi connectivity index (χ4v) is 2.97. The quantitative estimate of drug-likeness (QED) is 0.283. The molecule has 1 saturated heterocycles. The number of esters is 1. The predicted molar refractivity (Wildman–Crippen MR) is 85.3 cm³/mol. The fraction of sp³-hybridized carbons (Fsp3) is 0.429. The van der Waals surface area contributed by atoms with Crippen LogP contribution in [0.3, 0.4) is 0 Å². The minimum atomic E-state index is -5.39. The van der Waals surface area contributed by atoms with Gasteiger partial charge < -0.3 is 25.6 Å². The van der Waals surface area contributed by atoms with Gasteiger partial charge in [0.15, 0.2) is 5.11 Å². The summed E-state index contributed by atoms with van der Waals surface area (Å²) in [6.07, 6.45) is -5.39. The third-order valence-corrected chi connectivity index (χ3v) is 4.11. The third-order valence-electron chi connectivity index (χ3n) is 3.89. The van der Waals surface area contributed by atoms with Crippen LogP contribution in [0, 0.1) is 16.0 Å². The van der Waals surface area contributed by atoms with Crippen molar-refractivity contribution in [2.24, 2.45) is 5.92 Å². The third kappa shape index (κ3) is 3.73. The van der Waals surface area contributed by atoms with Crippen molar-refractivity contribution in [1.29, 1.82) is 0 Å². The number of non-ortho nitro benzene ring substituents is 1. The van der Waals surface area contributed by atoms with Gasteiger partial charge in [-0.15, -0.1) is 5.75 Å². The zero-order valence-electron chi connectivity index (χ0n) is 13.6. The Bertz CT molecular complexity index is 790. The van der Waals surface area contributed by atoms with E-state index in [-0.39, 0.29) is 6.61 Å². The SMILES string of the molecule is CCOC(=O)[C@H]1[C@@H](c2cc([N+](=O)[O-])ccc2[O-])NC(=S)N[C@]1(O)C(F)(F)F. The van der Waals surface area contributed by atoms with E-state index in [1.165, 1.54) is 6.92 Å². The molecule has 2 rings (SSSR count). The van der Waals surface area contributed by atoms with Crippen LogP contribution in [0.2, 0.25) is 0 Å². The van der Waals surface area contributed by atoms with Crippen molar-refractivity contribution >= 4 is 29.0 Å². The lowest BCUT2D eigenvalue weighted by Crippen LogP contribution is -2.73. The number of nitro benzene ring substituents is 1. The van der Waals surface area contributed by atoms with Crippen LogP contribution >= 0.6 is 12.2 Å². The number of nitrogens with zero attached hydrogens (tertiary/aromatic N) is 1. The molecule has 0 unspecified atom stereocenters. The Morgan fingerprint density at radius 2 is 2.11 bits per heavy atom. The Kier molecular flexibility index (Phi) is 5.47. The first kappa shape index (κ1) is 20.6. The maximum absolute atomic E-state index is 13.6. The Hall–Kier alpha value is -2.67. The molecule has 1 aromatic carbocycles. The van der Waals surface area contributed by atoms with Gasteiger partial charge in [0, 0.05) is 12.1 Å². The molecule has 1 aromatic rings. The minimum absolute atomic E-state index is 0.306. The molecule has 1 aliphatic rings. The number of nitro groups is 1. The van der Waals surface area contributed by atoms with Crippen molar-refractivity contribution < 1.29 is 37.8 Å². The molecular formula is C14H13F3N3O6S-. The Balaban J connectivity index is 2.68. The lowest BCUT2D eigenvalue weighted by Gasteiger charge is -2.46. The molecule has 1 heterocycles. The lowest BCUT2D eigenvalue weighted by molar-refractivity contribution is -0.385. The molecule has 0 radical (unpaired) electrons. The molecule has 0 amide bonds. The molecule has 0 spiro atoms. The van der Waals surface area contributed by atoms with Gasteiger partial charge in [0.25, 0.3) is 11.4 Å². The highest BCUT2D eigenvalue weighted by atomic mass is 32.1. The van der Waals surface area contributed by atoms with Crippen LogP contribution in [0.5, 0.6) is 5.75 Å². The second kappa shape index (κ2) is 7.15. The highest BCUT2D eigenvalue weighted by Crippen LogP contribution is 2.44. The van der Waals surface area contributed by atoms with Crippen molar-refractivity contribution in [3.63, 3.8) is 0 Å². The summed E-state index contributed by atoms with van der Waals surface area (Å²) in [5.41, 5.74) is -4.99. The number of hydrogen-bond acceptors (Lipinski definition) is 7. The number of nitrogens with one attached hydrogen (secondary N) is 2. The number of carbonyl (C=O) groups excluding carboxylic acids is 1. The maximum atomic E-state index is 13.6. The molecule has 0 bridgehead atoms. The summed E-state index contributed by atoms with van der Waals surface area (Å²) >= 11 is 4.66. The molecule has 0 aliphatic carbocycles. The number of hydrogen-bond donors (Lipinski definition) is 3. The van der Waals surface area contributed by atoms with Crippen LogP contribution in [-0.2, 0) is 9.53 Å². The highest BCUT2D eigenvalue weighted by molar-refractivity contribution is 7.80. The summed E-state index contributed by atoms with van der Waals surface area (Å²) in [5, 5.41) is 36.5. The maximum Gasteiger partial charge on any atom is 0.437 e. The van der Waals surface area contributed by atoms with Gasteiger partial charge in [-0.25, -0.2) is 0 Å². The molecule has 3 N–H and O–H groups in total. The van der Waals surface area contributed by atoms with Gasteiger partial charge in [-0.1, -0.05) is 6.07 Å². The van der Waals surface area contributed by atoms with E-state index in [1.54, 1.807) is 5.32 Å². The molecule has 148 valence electrons. The van der Waals surface area contributed by atoms with E-state index in [1.807, 2.05) is 0 Å². The summed E-state index contributed by atoms with van der Waals surface area (Å²) in [7, 11) is 0. The van der Waals surface area contributed by atoms with Crippen molar-refractivity contribution in [3.05, 3.63) is 33.9 Å². The summed E-state index contributed by atoms with van der Waals surface area (Å²) in [6, 6.07) is 0.531. The molecule has 0 aromatic heterocycles. The molecule has 27 heavy (non-hydrogen) atoms. The average Bonchev–Trinajstić information content (AvgIpc) is 2.53. The van der Waals surface area contributed by atoms with E-state index < -0.39 is 56.9 Å².